The summed E-state index contributed by atoms with van der Waals surface area (Å²) in [5, 5.41) is 3.45. The van der Waals surface area contributed by atoms with E-state index in [1.165, 1.54) is 6.42 Å². The van der Waals surface area contributed by atoms with E-state index in [0.29, 0.717) is 0 Å². The lowest BCUT2D eigenvalue weighted by atomic mass is 10.1. The fourth-order valence-electron chi connectivity index (χ4n) is 1.33. The minimum absolute atomic E-state index is 0.777. The molecular weight excluding hydrogens is 174 g/mol. The molecular formula is C11H21N3. The van der Waals surface area contributed by atoms with E-state index in [1.807, 2.05) is 19.3 Å². The van der Waals surface area contributed by atoms with Gasteiger partial charge in [0.1, 0.15) is 5.82 Å². The molecule has 0 spiro atoms. The lowest BCUT2D eigenvalue weighted by Crippen LogP contribution is -2.25. The summed E-state index contributed by atoms with van der Waals surface area (Å²) in [6, 6.07) is 0. The number of imidazole rings is 1. The summed E-state index contributed by atoms with van der Waals surface area (Å²) in [4.78, 5) is 4.18. The highest BCUT2D eigenvalue weighted by Crippen LogP contribution is 1.97. The molecule has 1 atom stereocenters. The van der Waals surface area contributed by atoms with Crippen molar-refractivity contribution in [3.63, 3.8) is 0 Å². The third-order valence-electron chi connectivity index (χ3n) is 2.64. The zero-order valence-electron chi connectivity index (χ0n) is 9.45. The van der Waals surface area contributed by atoms with Crippen LogP contribution in [0.2, 0.25) is 0 Å². The van der Waals surface area contributed by atoms with Gasteiger partial charge in [0.25, 0.3) is 0 Å². The first kappa shape index (κ1) is 11.2. The molecule has 3 nitrogen and oxygen atoms in total. The third kappa shape index (κ3) is 3.50. The van der Waals surface area contributed by atoms with Crippen molar-refractivity contribution < 1.29 is 0 Å². The minimum atomic E-state index is 0.777. The lowest BCUT2D eigenvalue weighted by molar-refractivity contribution is 0.483. The number of nitrogens with zero attached hydrogens (tertiary/aromatic N) is 2. The SMILES string of the molecule is CCC(C)CNCCn1ccnc1C. The van der Waals surface area contributed by atoms with Crippen LogP contribution in [-0.4, -0.2) is 22.6 Å². The van der Waals surface area contributed by atoms with Crippen LogP contribution in [-0.2, 0) is 6.54 Å². The Labute approximate surface area is 86.5 Å². The Morgan fingerprint density at radius 1 is 1.57 bits per heavy atom. The van der Waals surface area contributed by atoms with E-state index in [1.54, 1.807) is 0 Å². The summed E-state index contributed by atoms with van der Waals surface area (Å²) >= 11 is 0. The maximum atomic E-state index is 4.18. The number of nitrogens with one attached hydrogen (secondary N) is 1. The standard InChI is InChI=1S/C11H21N3/c1-4-10(2)9-12-5-7-14-8-6-13-11(14)3/h6,8,10,12H,4-5,7,9H2,1-3H3. The first-order chi connectivity index (χ1) is 6.74. The predicted octanol–water partition coefficient (Wildman–Crippen LogP) is 1.83. The molecule has 1 aromatic rings. The van der Waals surface area contributed by atoms with Gasteiger partial charge in [-0.3, -0.25) is 0 Å². The van der Waals surface area contributed by atoms with Crippen molar-refractivity contribution in [2.24, 2.45) is 5.92 Å². The molecule has 0 saturated carbocycles. The quantitative estimate of drug-likeness (QED) is 0.702. The van der Waals surface area contributed by atoms with E-state index in [2.05, 4.69) is 28.7 Å². The summed E-state index contributed by atoms with van der Waals surface area (Å²) in [6.07, 6.45) is 5.13. The molecule has 1 heterocycles. The van der Waals surface area contributed by atoms with Crippen LogP contribution in [0.3, 0.4) is 0 Å². The van der Waals surface area contributed by atoms with Crippen molar-refractivity contribution in [2.45, 2.75) is 33.7 Å². The van der Waals surface area contributed by atoms with Crippen LogP contribution in [0.25, 0.3) is 0 Å². The van der Waals surface area contributed by atoms with Crippen molar-refractivity contribution in [1.29, 1.82) is 0 Å². The molecule has 0 bridgehead atoms. The highest BCUT2D eigenvalue weighted by Gasteiger charge is 1.98. The second kappa shape index (κ2) is 5.81. The average molecular weight is 195 g/mol. The average Bonchev–Trinajstić information content (AvgIpc) is 2.58. The summed E-state index contributed by atoms with van der Waals surface area (Å²) in [7, 11) is 0. The fraction of sp³-hybridized carbons (Fsp3) is 0.727. The van der Waals surface area contributed by atoms with Gasteiger partial charge in [-0.25, -0.2) is 4.98 Å². The van der Waals surface area contributed by atoms with E-state index in [4.69, 9.17) is 0 Å². The Morgan fingerprint density at radius 3 is 2.93 bits per heavy atom. The molecule has 0 radical (unpaired) electrons. The van der Waals surface area contributed by atoms with Crippen LogP contribution in [0.15, 0.2) is 12.4 Å². The molecule has 0 aromatic carbocycles. The number of aromatic nitrogens is 2. The Balaban J connectivity index is 2.13. The van der Waals surface area contributed by atoms with Gasteiger partial charge in [0.2, 0.25) is 0 Å². The zero-order chi connectivity index (χ0) is 10.4. The highest BCUT2D eigenvalue weighted by atomic mass is 15.1. The summed E-state index contributed by atoms with van der Waals surface area (Å²) in [6.45, 7) is 9.70. The first-order valence-electron chi connectivity index (χ1n) is 5.42. The fourth-order valence-corrected chi connectivity index (χ4v) is 1.33. The lowest BCUT2D eigenvalue weighted by Gasteiger charge is -2.10. The van der Waals surface area contributed by atoms with E-state index >= 15 is 0 Å². The molecule has 0 saturated heterocycles. The Bertz CT molecular complexity index is 255. The molecule has 3 heteroatoms. The van der Waals surface area contributed by atoms with Crippen LogP contribution < -0.4 is 5.32 Å². The van der Waals surface area contributed by atoms with E-state index < -0.39 is 0 Å². The normalized spacial score (nSPS) is 13.1. The van der Waals surface area contributed by atoms with Gasteiger partial charge in [-0.2, -0.15) is 0 Å². The maximum absolute atomic E-state index is 4.18. The molecule has 0 aliphatic heterocycles. The van der Waals surface area contributed by atoms with E-state index in [0.717, 1.165) is 31.4 Å². The highest BCUT2D eigenvalue weighted by molar-refractivity contribution is 4.88. The topological polar surface area (TPSA) is 29.9 Å². The van der Waals surface area contributed by atoms with Gasteiger partial charge >= 0.3 is 0 Å². The second-order valence-electron chi connectivity index (χ2n) is 3.89. The molecule has 0 amide bonds. The van der Waals surface area contributed by atoms with Gasteiger partial charge in [0.05, 0.1) is 0 Å². The molecule has 0 fully saturated rings. The minimum Gasteiger partial charge on any atom is -0.334 e. The Hall–Kier alpha value is -0.830. The smallest absolute Gasteiger partial charge is 0.105 e. The van der Waals surface area contributed by atoms with Crippen LogP contribution >= 0.6 is 0 Å². The van der Waals surface area contributed by atoms with Gasteiger partial charge in [-0.1, -0.05) is 20.3 Å². The van der Waals surface area contributed by atoms with Crippen LogP contribution in [0, 0.1) is 12.8 Å². The Kier molecular flexibility index (Phi) is 4.66. The largest absolute Gasteiger partial charge is 0.334 e. The molecule has 1 rings (SSSR count). The molecule has 0 aliphatic rings. The van der Waals surface area contributed by atoms with Crippen molar-refractivity contribution in [1.82, 2.24) is 14.9 Å². The monoisotopic (exact) mass is 195 g/mol. The zero-order valence-corrected chi connectivity index (χ0v) is 9.45. The predicted molar refractivity (Wildman–Crippen MR) is 59.3 cm³/mol. The maximum Gasteiger partial charge on any atom is 0.105 e. The first-order valence-corrected chi connectivity index (χ1v) is 5.42. The summed E-state index contributed by atoms with van der Waals surface area (Å²) in [5.74, 6) is 1.87. The summed E-state index contributed by atoms with van der Waals surface area (Å²) < 4.78 is 2.17. The molecule has 14 heavy (non-hydrogen) atoms. The van der Waals surface area contributed by atoms with Crippen molar-refractivity contribution in [3.8, 4) is 0 Å². The van der Waals surface area contributed by atoms with Gasteiger partial charge in [0.15, 0.2) is 0 Å². The van der Waals surface area contributed by atoms with Gasteiger partial charge in [-0.15, -0.1) is 0 Å². The summed E-state index contributed by atoms with van der Waals surface area (Å²) in [5.41, 5.74) is 0. The third-order valence-corrected chi connectivity index (χ3v) is 2.64. The van der Waals surface area contributed by atoms with Gasteiger partial charge < -0.3 is 9.88 Å². The van der Waals surface area contributed by atoms with Crippen molar-refractivity contribution in [2.75, 3.05) is 13.1 Å². The number of rotatable bonds is 6. The van der Waals surface area contributed by atoms with Gasteiger partial charge in [0, 0.05) is 25.5 Å². The molecule has 1 aromatic heterocycles. The van der Waals surface area contributed by atoms with Gasteiger partial charge in [-0.05, 0) is 19.4 Å². The second-order valence-corrected chi connectivity index (χ2v) is 3.89. The van der Waals surface area contributed by atoms with Crippen LogP contribution in [0.5, 0.6) is 0 Å². The van der Waals surface area contributed by atoms with Crippen LogP contribution in [0.4, 0.5) is 0 Å². The van der Waals surface area contributed by atoms with E-state index in [9.17, 15) is 0 Å². The molecule has 1 unspecified atom stereocenters. The molecule has 1 N–H and O–H groups in total. The molecule has 80 valence electrons. The number of aryl methyl sites for hydroxylation is 1. The number of hydrogen-bond acceptors (Lipinski definition) is 2. The molecule has 0 aliphatic carbocycles. The van der Waals surface area contributed by atoms with E-state index in [-0.39, 0.29) is 0 Å². The Morgan fingerprint density at radius 2 is 2.36 bits per heavy atom. The van der Waals surface area contributed by atoms with Crippen molar-refractivity contribution >= 4 is 0 Å². The van der Waals surface area contributed by atoms with Crippen molar-refractivity contribution in [3.05, 3.63) is 18.2 Å². The number of hydrogen-bond donors (Lipinski definition) is 1. The van der Waals surface area contributed by atoms with Crippen LogP contribution in [0.1, 0.15) is 26.1 Å².